The number of thiazole rings is 1. The first-order chi connectivity index (χ1) is 7.86. The fourth-order valence-corrected chi connectivity index (χ4v) is 1.59. The predicted molar refractivity (Wildman–Crippen MR) is 63.9 cm³/mol. The molecule has 0 atom stereocenters. The fraction of sp³-hybridized carbons (Fsp3) is 0.444. The molecule has 7 heteroatoms. The van der Waals surface area contributed by atoms with Crippen molar-refractivity contribution in [2.75, 3.05) is 20.1 Å². The lowest BCUT2D eigenvalue weighted by Gasteiger charge is -2.03. The van der Waals surface area contributed by atoms with E-state index in [1.807, 2.05) is 17.9 Å². The summed E-state index contributed by atoms with van der Waals surface area (Å²) in [4.78, 5) is 9.33. The molecule has 0 radical (unpaired) electrons. The Labute approximate surface area is 98.4 Å². The van der Waals surface area contributed by atoms with Gasteiger partial charge in [-0.3, -0.25) is 15.3 Å². The molecule has 0 saturated heterocycles. The molecule has 0 saturated carbocycles. The van der Waals surface area contributed by atoms with E-state index in [0.717, 1.165) is 13.1 Å². The SMILES string of the molecule is CN/C(=N/CCNCc1cncs1)NC#N. The maximum Gasteiger partial charge on any atom is 0.204 e. The van der Waals surface area contributed by atoms with Crippen LogP contribution in [0.2, 0.25) is 0 Å². The Hall–Kier alpha value is -1.65. The summed E-state index contributed by atoms with van der Waals surface area (Å²) in [5, 5.41) is 16.9. The average molecular weight is 238 g/mol. The van der Waals surface area contributed by atoms with Crippen molar-refractivity contribution in [2.24, 2.45) is 4.99 Å². The normalized spacial score (nSPS) is 10.9. The molecule has 0 bridgehead atoms. The standard InChI is InChI=1S/C9H14N6S/c1-11-9(15-6-10)14-3-2-12-4-8-5-13-7-16-8/h5,7,12H,2-4H2,1H3,(H2,11,14,15). The van der Waals surface area contributed by atoms with Gasteiger partial charge in [0.2, 0.25) is 5.96 Å². The Morgan fingerprint density at radius 1 is 1.69 bits per heavy atom. The van der Waals surface area contributed by atoms with Crippen LogP contribution in [-0.4, -0.2) is 31.1 Å². The molecule has 0 aliphatic rings. The van der Waals surface area contributed by atoms with Gasteiger partial charge in [0.05, 0.1) is 12.1 Å². The van der Waals surface area contributed by atoms with Crippen molar-refractivity contribution in [3.8, 4) is 6.19 Å². The van der Waals surface area contributed by atoms with E-state index >= 15 is 0 Å². The van der Waals surface area contributed by atoms with Crippen molar-refractivity contribution in [3.05, 3.63) is 16.6 Å². The number of rotatable bonds is 5. The van der Waals surface area contributed by atoms with E-state index in [1.165, 1.54) is 4.88 Å². The highest BCUT2D eigenvalue weighted by atomic mass is 32.1. The van der Waals surface area contributed by atoms with E-state index in [4.69, 9.17) is 5.26 Å². The smallest absolute Gasteiger partial charge is 0.204 e. The monoisotopic (exact) mass is 238 g/mol. The van der Waals surface area contributed by atoms with Crippen molar-refractivity contribution in [1.82, 2.24) is 20.9 Å². The molecule has 1 aromatic heterocycles. The Kier molecular flexibility index (Phi) is 5.91. The molecule has 0 amide bonds. The van der Waals surface area contributed by atoms with Gasteiger partial charge in [-0.25, -0.2) is 0 Å². The van der Waals surface area contributed by atoms with Gasteiger partial charge in [-0.15, -0.1) is 11.3 Å². The zero-order valence-corrected chi connectivity index (χ0v) is 9.84. The molecule has 1 heterocycles. The maximum atomic E-state index is 8.39. The van der Waals surface area contributed by atoms with Crippen LogP contribution in [0.25, 0.3) is 0 Å². The van der Waals surface area contributed by atoms with Crippen LogP contribution in [-0.2, 0) is 6.54 Å². The molecular formula is C9H14N6S. The third kappa shape index (κ3) is 4.72. The second kappa shape index (κ2) is 7.62. The van der Waals surface area contributed by atoms with Crippen LogP contribution < -0.4 is 16.0 Å². The van der Waals surface area contributed by atoms with E-state index in [2.05, 4.69) is 25.9 Å². The average Bonchev–Trinajstić information content (AvgIpc) is 2.80. The summed E-state index contributed by atoms with van der Waals surface area (Å²) < 4.78 is 0. The highest BCUT2D eigenvalue weighted by molar-refractivity contribution is 7.09. The van der Waals surface area contributed by atoms with Crippen LogP contribution >= 0.6 is 11.3 Å². The summed E-state index contributed by atoms with van der Waals surface area (Å²) in [7, 11) is 1.72. The van der Waals surface area contributed by atoms with Crippen molar-refractivity contribution in [3.63, 3.8) is 0 Å². The third-order valence-electron chi connectivity index (χ3n) is 1.75. The molecule has 3 N–H and O–H groups in total. The zero-order valence-electron chi connectivity index (χ0n) is 9.03. The minimum atomic E-state index is 0.488. The van der Waals surface area contributed by atoms with Gasteiger partial charge >= 0.3 is 0 Å². The lowest BCUT2D eigenvalue weighted by Crippen LogP contribution is -2.32. The van der Waals surface area contributed by atoms with Crippen LogP contribution in [0, 0.1) is 11.5 Å². The highest BCUT2D eigenvalue weighted by Gasteiger charge is 1.94. The molecule has 0 aliphatic heterocycles. The van der Waals surface area contributed by atoms with Gasteiger partial charge in [0.25, 0.3) is 0 Å². The number of nitriles is 1. The largest absolute Gasteiger partial charge is 0.359 e. The number of aliphatic imine (C=N–C) groups is 1. The number of guanidine groups is 1. The predicted octanol–water partition coefficient (Wildman–Crippen LogP) is -0.121. The van der Waals surface area contributed by atoms with E-state index < -0.39 is 0 Å². The van der Waals surface area contributed by atoms with Crippen LogP contribution in [0.4, 0.5) is 0 Å². The molecule has 0 fully saturated rings. The summed E-state index contributed by atoms with van der Waals surface area (Å²) in [6, 6.07) is 0. The van der Waals surface area contributed by atoms with Gasteiger partial charge in [-0.1, -0.05) is 0 Å². The summed E-state index contributed by atoms with van der Waals surface area (Å²) in [6.45, 7) is 2.18. The van der Waals surface area contributed by atoms with E-state index in [9.17, 15) is 0 Å². The molecule has 16 heavy (non-hydrogen) atoms. The Morgan fingerprint density at radius 2 is 2.56 bits per heavy atom. The van der Waals surface area contributed by atoms with Crippen LogP contribution in [0.15, 0.2) is 16.7 Å². The van der Waals surface area contributed by atoms with E-state index in [1.54, 1.807) is 18.4 Å². The summed E-state index contributed by atoms with van der Waals surface area (Å²) in [5.74, 6) is 0.488. The van der Waals surface area contributed by atoms with Gasteiger partial charge in [0.1, 0.15) is 0 Å². The van der Waals surface area contributed by atoms with E-state index in [0.29, 0.717) is 12.5 Å². The lowest BCUT2D eigenvalue weighted by atomic mass is 10.5. The first kappa shape index (κ1) is 12.4. The number of nitrogens with zero attached hydrogens (tertiary/aromatic N) is 3. The summed E-state index contributed by atoms with van der Waals surface area (Å²) >= 11 is 1.62. The maximum absolute atomic E-state index is 8.39. The third-order valence-corrected chi connectivity index (χ3v) is 2.53. The first-order valence-electron chi connectivity index (χ1n) is 4.82. The Morgan fingerprint density at radius 3 is 3.19 bits per heavy atom. The first-order valence-corrected chi connectivity index (χ1v) is 5.70. The number of hydrogen-bond donors (Lipinski definition) is 3. The Balaban J connectivity index is 2.13. The van der Waals surface area contributed by atoms with Gasteiger partial charge in [0, 0.05) is 31.2 Å². The highest BCUT2D eigenvalue weighted by Crippen LogP contribution is 2.03. The van der Waals surface area contributed by atoms with Crippen molar-refractivity contribution < 1.29 is 0 Å². The number of nitrogens with one attached hydrogen (secondary N) is 3. The molecule has 0 unspecified atom stereocenters. The molecule has 0 aliphatic carbocycles. The zero-order chi connectivity index (χ0) is 11.6. The van der Waals surface area contributed by atoms with Crippen molar-refractivity contribution in [1.29, 1.82) is 5.26 Å². The minimum Gasteiger partial charge on any atom is -0.359 e. The Bertz CT molecular complexity index is 353. The minimum absolute atomic E-state index is 0.488. The topological polar surface area (TPSA) is 85.1 Å². The van der Waals surface area contributed by atoms with Crippen molar-refractivity contribution >= 4 is 17.3 Å². The van der Waals surface area contributed by atoms with Crippen LogP contribution in [0.1, 0.15) is 4.88 Å². The molecule has 1 aromatic rings. The molecular weight excluding hydrogens is 224 g/mol. The molecule has 0 spiro atoms. The molecule has 6 nitrogen and oxygen atoms in total. The summed E-state index contributed by atoms with van der Waals surface area (Å²) in [6.07, 6.45) is 3.66. The molecule has 1 rings (SSSR count). The number of hydrogen-bond acceptors (Lipinski definition) is 5. The quantitative estimate of drug-likeness (QED) is 0.219. The lowest BCUT2D eigenvalue weighted by molar-refractivity contribution is 0.699. The van der Waals surface area contributed by atoms with Gasteiger partial charge in [0.15, 0.2) is 6.19 Å². The van der Waals surface area contributed by atoms with Gasteiger partial charge < -0.3 is 10.6 Å². The molecule has 86 valence electrons. The van der Waals surface area contributed by atoms with Crippen LogP contribution in [0.3, 0.4) is 0 Å². The second-order valence-electron chi connectivity index (χ2n) is 2.86. The van der Waals surface area contributed by atoms with Gasteiger partial charge in [-0.05, 0) is 0 Å². The molecule has 0 aromatic carbocycles. The summed E-state index contributed by atoms with van der Waals surface area (Å²) in [5.41, 5.74) is 1.81. The van der Waals surface area contributed by atoms with Crippen LogP contribution in [0.5, 0.6) is 0 Å². The van der Waals surface area contributed by atoms with Crippen molar-refractivity contribution in [2.45, 2.75) is 6.54 Å². The fourth-order valence-electron chi connectivity index (χ4n) is 1.02. The second-order valence-corrected chi connectivity index (χ2v) is 3.83. The van der Waals surface area contributed by atoms with Gasteiger partial charge in [-0.2, -0.15) is 5.26 Å². The van der Waals surface area contributed by atoms with E-state index in [-0.39, 0.29) is 0 Å². The number of aromatic nitrogens is 1.